The lowest BCUT2D eigenvalue weighted by Gasteiger charge is -2.11. The van der Waals surface area contributed by atoms with E-state index in [0.29, 0.717) is 5.69 Å². The Morgan fingerprint density at radius 3 is 2.78 bits per heavy atom. The average molecular weight is 381 g/mol. The zero-order valence-corrected chi connectivity index (χ0v) is 15.1. The van der Waals surface area contributed by atoms with Crippen LogP contribution in [-0.2, 0) is 9.53 Å². The molecule has 23 heavy (non-hydrogen) atoms. The third-order valence-electron chi connectivity index (χ3n) is 3.69. The van der Waals surface area contributed by atoms with Crippen molar-refractivity contribution in [2.75, 3.05) is 12.4 Å². The molecule has 0 aliphatic carbocycles. The number of unbranched alkanes of at least 4 members (excludes halogenated alkanes) is 1. The number of rotatable bonds is 6. The second-order valence-corrected chi connectivity index (χ2v) is 6.62. The number of fused-ring (bicyclic) bond motifs is 1. The number of aryl methyl sites for hydroxylation is 1. The Morgan fingerprint density at radius 1 is 1.39 bits per heavy atom. The fraction of sp³-hybridized carbons (Fsp3) is 0.412. The molecule has 0 fully saturated rings. The number of H-pyrrole nitrogens is 1. The number of methoxy groups -OCH3 is 1. The monoisotopic (exact) mass is 380 g/mol. The van der Waals surface area contributed by atoms with Gasteiger partial charge in [-0.05, 0) is 25.5 Å². The van der Waals surface area contributed by atoms with Crippen LogP contribution in [0.1, 0.15) is 42.2 Å². The molecule has 2 N–H and O–H groups in total. The van der Waals surface area contributed by atoms with Crippen LogP contribution < -0.4 is 5.32 Å². The molecule has 2 aromatic rings. The summed E-state index contributed by atoms with van der Waals surface area (Å²) in [5.74, 6) is -0.667. The number of alkyl halides is 1. The first-order valence-corrected chi connectivity index (χ1v) is 8.55. The van der Waals surface area contributed by atoms with Gasteiger partial charge in [0.15, 0.2) is 0 Å². The molecule has 1 aromatic heterocycles. The van der Waals surface area contributed by atoms with Crippen LogP contribution in [0.25, 0.3) is 10.9 Å². The molecule has 124 valence electrons. The first kappa shape index (κ1) is 17.5. The summed E-state index contributed by atoms with van der Waals surface area (Å²) in [4.78, 5) is 27.1. The zero-order chi connectivity index (χ0) is 17.0. The van der Waals surface area contributed by atoms with Gasteiger partial charge in [0.25, 0.3) is 0 Å². The lowest BCUT2D eigenvalue weighted by Crippen LogP contribution is -2.23. The minimum atomic E-state index is -0.506. The van der Waals surface area contributed by atoms with Gasteiger partial charge < -0.3 is 15.0 Å². The average Bonchev–Trinajstić information content (AvgIpc) is 2.89. The van der Waals surface area contributed by atoms with Crippen molar-refractivity contribution < 1.29 is 14.3 Å². The predicted octanol–water partition coefficient (Wildman–Crippen LogP) is 4.16. The molecule has 1 heterocycles. The van der Waals surface area contributed by atoms with Crippen molar-refractivity contribution in [3.63, 3.8) is 0 Å². The number of ether oxygens (including phenoxy) is 1. The van der Waals surface area contributed by atoms with E-state index < -0.39 is 5.97 Å². The summed E-state index contributed by atoms with van der Waals surface area (Å²) >= 11 is 3.41. The van der Waals surface area contributed by atoms with Gasteiger partial charge in [-0.15, -0.1) is 0 Å². The number of carbonyl (C=O) groups is 2. The van der Waals surface area contributed by atoms with E-state index in [1.807, 2.05) is 25.1 Å². The number of halogens is 1. The quantitative estimate of drug-likeness (QED) is 0.583. The third kappa shape index (κ3) is 3.93. The molecule has 1 aromatic carbocycles. The summed E-state index contributed by atoms with van der Waals surface area (Å²) < 4.78 is 4.81. The molecule has 2 rings (SSSR count). The number of esters is 1. The van der Waals surface area contributed by atoms with Crippen LogP contribution in [0.4, 0.5) is 5.69 Å². The molecule has 0 bridgehead atoms. The van der Waals surface area contributed by atoms with Gasteiger partial charge in [0.2, 0.25) is 5.91 Å². The van der Waals surface area contributed by atoms with Crippen molar-refractivity contribution in [2.24, 2.45) is 0 Å². The lowest BCUT2D eigenvalue weighted by atomic mass is 10.1. The highest BCUT2D eigenvalue weighted by Gasteiger charge is 2.22. The van der Waals surface area contributed by atoms with E-state index in [-0.39, 0.29) is 16.4 Å². The zero-order valence-electron chi connectivity index (χ0n) is 13.5. The molecule has 1 atom stereocenters. The Kier molecular flexibility index (Phi) is 5.82. The van der Waals surface area contributed by atoms with E-state index in [4.69, 9.17) is 4.74 Å². The van der Waals surface area contributed by atoms with Crippen LogP contribution in [0.3, 0.4) is 0 Å². The number of carbonyl (C=O) groups excluding carboxylic acids is 2. The fourth-order valence-corrected chi connectivity index (χ4v) is 2.84. The first-order chi connectivity index (χ1) is 11.0. The molecule has 0 aliphatic rings. The molecular weight excluding hydrogens is 360 g/mol. The molecule has 0 aliphatic heterocycles. The first-order valence-electron chi connectivity index (χ1n) is 7.63. The number of aromatic amines is 1. The number of anilines is 1. The Hall–Kier alpha value is -1.82. The number of hydrogen-bond acceptors (Lipinski definition) is 3. The van der Waals surface area contributed by atoms with Gasteiger partial charge in [-0.3, -0.25) is 4.79 Å². The van der Waals surface area contributed by atoms with E-state index in [2.05, 4.69) is 33.2 Å². The number of amides is 1. The molecule has 0 saturated heterocycles. The van der Waals surface area contributed by atoms with Crippen LogP contribution in [0, 0.1) is 6.92 Å². The van der Waals surface area contributed by atoms with Crippen LogP contribution >= 0.6 is 15.9 Å². The van der Waals surface area contributed by atoms with E-state index in [9.17, 15) is 9.59 Å². The molecule has 5 nitrogen and oxygen atoms in total. The maximum absolute atomic E-state index is 12.4. The second-order valence-electron chi connectivity index (χ2n) is 5.51. The summed E-state index contributed by atoms with van der Waals surface area (Å²) in [5, 5.41) is 3.67. The van der Waals surface area contributed by atoms with Gasteiger partial charge >= 0.3 is 5.97 Å². The van der Waals surface area contributed by atoms with Gasteiger partial charge in [0, 0.05) is 10.9 Å². The highest BCUT2D eigenvalue weighted by molar-refractivity contribution is 9.10. The molecule has 0 unspecified atom stereocenters. The highest BCUT2D eigenvalue weighted by Crippen LogP contribution is 2.30. The van der Waals surface area contributed by atoms with Gasteiger partial charge in [0.1, 0.15) is 5.69 Å². The normalized spacial score (nSPS) is 12.2. The number of benzene rings is 1. The molecule has 1 amide bonds. The van der Waals surface area contributed by atoms with Crippen LogP contribution in [-0.4, -0.2) is 28.8 Å². The molecule has 0 radical (unpaired) electrons. The lowest BCUT2D eigenvalue weighted by molar-refractivity contribution is -0.115. The van der Waals surface area contributed by atoms with Crippen molar-refractivity contribution in [3.05, 3.63) is 29.5 Å². The van der Waals surface area contributed by atoms with E-state index in [0.717, 1.165) is 35.7 Å². The van der Waals surface area contributed by atoms with Crippen molar-refractivity contribution in [2.45, 2.75) is 37.9 Å². The second kappa shape index (κ2) is 7.64. The smallest absolute Gasteiger partial charge is 0.356 e. The Morgan fingerprint density at radius 2 is 2.13 bits per heavy atom. The minimum absolute atomic E-state index is 0.161. The topological polar surface area (TPSA) is 71.2 Å². The van der Waals surface area contributed by atoms with Crippen LogP contribution in [0.5, 0.6) is 0 Å². The van der Waals surface area contributed by atoms with Crippen molar-refractivity contribution in [1.29, 1.82) is 0 Å². The Labute approximate surface area is 143 Å². The van der Waals surface area contributed by atoms with E-state index in [1.54, 1.807) is 0 Å². The standard InChI is InChI=1S/C17H21BrN2O3/c1-4-5-6-12(18)16(21)20-14-11-9-10(2)7-8-13(11)19-15(14)17(22)23-3/h7-9,12,19H,4-6H2,1-3H3,(H,20,21)/t12-/m0/s1. The van der Waals surface area contributed by atoms with Gasteiger partial charge in [-0.2, -0.15) is 0 Å². The third-order valence-corrected chi connectivity index (χ3v) is 4.56. The molecule has 6 heteroatoms. The van der Waals surface area contributed by atoms with Crippen molar-refractivity contribution in [1.82, 2.24) is 4.98 Å². The highest BCUT2D eigenvalue weighted by atomic mass is 79.9. The van der Waals surface area contributed by atoms with Crippen LogP contribution in [0.15, 0.2) is 18.2 Å². The summed E-state index contributed by atoms with van der Waals surface area (Å²) in [6, 6.07) is 5.76. The summed E-state index contributed by atoms with van der Waals surface area (Å²) in [7, 11) is 1.32. The summed E-state index contributed by atoms with van der Waals surface area (Å²) in [5.41, 5.74) is 2.56. The summed E-state index contributed by atoms with van der Waals surface area (Å²) in [6.07, 6.45) is 2.73. The fourth-order valence-electron chi connectivity index (χ4n) is 2.41. The van der Waals surface area contributed by atoms with Gasteiger partial charge in [0.05, 0.1) is 17.6 Å². The number of aromatic nitrogens is 1. The molecule has 0 saturated carbocycles. The Bertz CT molecular complexity index is 724. The van der Waals surface area contributed by atoms with Crippen molar-refractivity contribution in [3.8, 4) is 0 Å². The maximum Gasteiger partial charge on any atom is 0.356 e. The molecule has 0 spiro atoms. The van der Waals surface area contributed by atoms with E-state index >= 15 is 0 Å². The predicted molar refractivity (Wildman–Crippen MR) is 95.2 cm³/mol. The number of nitrogens with one attached hydrogen (secondary N) is 2. The van der Waals surface area contributed by atoms with E-state index in [1.165, 1.54) is 7.11 Å². The minimum Gasteiger partial charge on any atom is -0.464 e. The van der Waals surface area contributed by atoms with Crippen LogP contribution in [0.2, 0.25) is 0 Å². The maximum atomic E-state index is 12.4. The van der Waals surface area contributed by atoms with Gasteiger partial charge in [-0.1, -0.05) is 47.3 Å². The largest absolute Gasteiger partial charge is 0.464 e. The summed E-state index contributed by atoms with van der Waals surface area (Å²) in [6.45, 7) is 4.04. The van der Waals surface area contributed by atoms with Gasteiger partial charge in [-0.25, -0.2) is 4.79 Å². The SMILES string of the molecule is CCCC[C@H](Br)C(=O)Nc1c(C(=O)OC)[nH]c2ccc(C)cc12. The Balaban J connectivity index is 2.38. The van der Waals surface area contributed by atoms with Crippen molar-refractivity contribution >= 4 is 44.4 Å². The number of hydrogen-bond donors (Lipinski definition) is 2. The molecular formula is C17H21BrN2O3.